The van der Waals surface area contributed by atoms with E-state index in [2.05, 4.69) is 10.9 Å². The number of aryl methyl sites for hydroxylation is 1. The lowest BCUT2D eigenvalue weighted by atomic mass is 10.4. The Labute approximate surface area is 138 Å². The lowest BCUT2D eigenvalue weighted by Crippen LogP contribution is -2.45. The van der Waals surface area contributed by atoms with Gasteiger partial charge in [-0.15, -0.1) is 11.8 Å². The molecule has 0 bridgehead atoms. The minimum atomic E-state index is -0.357. The molecule has 0 saturated heterocycles. The van der Waals surface area contributed by atoms with Gasteiger partial charge in [0.2, 0.25) is 0 Å². The molecule has 0 fully saturated rings. The number of nitrogens with zero attached hydrogens (tertiary/aromatic N) is 1. The zero-order valence-corrected chi connectivity index (χ0v) is 13.7. The molecule has 22 heavy (non-hydrogen) atoms. The van der Waals surface area contributed by atoms with Gasteiger partial charge < -0.3 is 4.57 Å². The molecule has 0 radical (unpaired) electrons. The number of carbonyl (C=O) groups is 2. The molecule has 1 aromatic carbocycles. The van der Waals surface area contributed by atoms with Gasteiger partial charge in [-0.3, -0.25) is 20.4 Å². The zero-order valence-electron chi connectivity index (χ0n) is 12.2. The number of amides is 2. The van der Waals surface area contributed by atoms with Gasteiger partial charge >= 0.3 is 0 Å². The van der Waals surface area contributed by atoms with E-state index < -0.39 is 0 Å². The van der Waals surface area contributed by atoms with Crippen molar-refractivity contribution in [3.8, 4) is 0 Å². The Morgan fingerprint density at radius 3 is 2.45 bits per heavy atom. The molecule has 2 N–H and O–H groups in total. The Morgan fingerprint density at radius 1 is 1.18 bits per heavy atom. The molecule has 1 atom stereocenters. The van der Waals surface area contributed by atoms with Crippen molar-refractivity contribution in [1.29, 1.82) is 0 Å². The van der Waals surface area contributed by atoms with E-state index in [0.29, 0.717) is 10.7 Å². The number of benzene rings is 1. The zero-order chi connectivity index (χ0) is 16.1. The number of carbonyl (C=O) groups excluding carboxylic acids is 2. The molecule has 2 aromatic rings. The van der Waals surface area contributed by atoms with Gasteiger partial charge in [-0.2, -0.15) is 0 Å². The number of aromatic nitrogens is 1. The van der Waals surface area contributed by atoms with E-state index in [1.807, 2.05) is 12.1 Å². The number of halogens is 1. The Kier molecular flexibility index (Phi) is 5.51. The van der Waals surface area contributed by atoms with Crippen LogP contribution in [0.2, 0.25) is 5.02 Å². The molecule has 0 spiro atoms. The van der Waals surface area contributed by atoms with Crippen LogP contribution in [-0.2, 0) is 11.8 Å². The lowest BCUT2D eigenvalue weighted by Gasteiger charge is -2.13. The van der Waals surface area contributed by atoms with Crippen molar-refractivity contribution in [2.45, 2.75) is 17.1 Å². The highest BCUT2D eigenvalue weighted by Crippen LogP contribution is 2.24. The smallest absolute Gasteiger partial charge is 0.286 e. The Bertz CT molecular complexity index is 670. The molecule has 1 aromatic heterocycles. The second-order valence-electron chi connectivity index (χ2n) is 4.66. The molecule has 116 valence electrons. The van der Waals surface area contributed by atoms with Crippen LogP contribution >= 0.6 is 23.4 Å². The van der Waals surface area contributed by atoms with Gasteiger partial charge in [-0.05, 0) is 43.3 Å². The van der Waals surface area contributed by atoms with Crippen molar-refractivity contribution < 1.29 is 9.59 Å². The van der Waals surface area contributed by atoms with Gasteiger partial charge in [0.1, 0.15) is 5.69 Å². The molecule has 1 unspecified atom stereocenters. The largest absolute Gasteiger partial charge is 0.347 e. The predicted octanol–water partition coefficient (Wildman–Crippen LogP) is 2.62. The van der Waals surface area contributed by atoms with Crippen LogP contribution in [0.1, 0.15) is 17.4 Å². The fourth-order valence-electron chi connectivity index (χ4n) is 1.75. The van der Waals surface area contributed by atoms with E-state index in [-0.39, 0.29) is 17.1 Å². The van der Waals surface area contributed by atoms with Gasteiger partial charge in [-0.1, -0.05) is 11.6 Å². The minimum Gasteiger partial charge on any atom is -0.347 e. The van der Waals surface area contributed by atoms with Gasteiger partial charge in [0, 0.05) is 23.2 Å². The number of nitrogens with one attached hydrogen (secondary N) is 2. The average molecular weight is 338 g/mol. The fraction of sp³-hybridized carbons (Fsp3) is 0.200. The molecule has 7 heteroatoms. The summed E-state index contributed by atoms with van der Waals surface area (Å²) in [7, 11) is 1.76. The SMILES string of the molecule is CC(Sc1ccc(Cl)cc1)C(=O)NNC(=O)c1cccn1C. The fourth-order valence-corrected chi connectivity index (χ4v) is 2.75. The van der Waals surface area contributed by atoms with Gasteiger partial charge in [0.05, 0.1) is 5.25 Å². The summed E-state index contributed by atoms with van der Waals surface area (Å²) in [6, 6.07) is 10.7. The standard InChI is InChI=1S/C15H16ClN3O2S/c1-10(22-12-7-5-11(16)6-8-12)14(20)17-18-15(21)13-4-3-9-19(13)2/h3-10H,1-2H3,(H,17,20)(H,18,21). The molecule has 1 heterocycles. The van der Waals surface area contributed by atoms with E-state index in [9.17, 15) is 9.59 Å². The maximum atomic E-state index is 12.0. The third kappa shape index (κ3) is 4.29. The summed E-state index contributed by atoms with van der Waals surface area (Å²) in [6.07, 6.45) is 1.76. The first-order chi connectivity index (χ1) is 10.5. The molecule has 2 rings (SSSR count). The van der Waals surface area contributed by atoms with Crippen molar-refractivity contribution in [2.75, 3.05) is 0 Å². The molecule has 2 amide bonds. The summed E-state index contributed by atoms with van der Waals surface area (Å²) in [5.41, 5.74) is 5.31. The second-order valence-corrected chi connectivity index (χ2v) is 6.51. The van der Waals surface area contributed by atoms with Crippen LogP contribution in [0.15, 0.2) is 47.5 Å². The maximum Gasteiger partial charge on any atom is 0.286 e. The van der Waals surface area contributed by atoms with Gasteiger partial charge in [0.25, 0.3) is 11.8 Å². The van der Waals surface area contributed by atoms with E-state index in [4.69, 9.17) is 11.6 Å². The van der Waals surface area contributed by atoms with Crippen molar-refractivity contribution in [2.24, 2.45) is 7.05 Å². The molecular weight excluding hydrogens is 322 g/mol. The third-order valence-electron chi connectivity index (χ3n) is 2.97. The Balaban J connectivity index is 1.85. The van der Waals surface area contributed by atoms with E-state index >= 15 is 0 Å². The summed E-state index contributed by atoms with van der Waals surface area (Å²) >= 11 is 7.20. The maximum absolute atomic E-state index is 12.0. The summed E-state index contributed by atoms with van der Waals surface area (Å²) in [6.45, 7) is 1.77. The minimum absolute atomic E-state index is 0.275. The first-order valence-corrected chi connectivity index (χ1v) is 7.87. The predicted molar refractivity (Wildman–Crippen MR) is 87.8 cm³/mol. The van der Waals surface area contributed by atoms with Crippen LogP contribution in [0, 0.1) is 0 Å². The Hall–Kier alpha value is -1.92. The van der Waals surface area contributed by atoms with Crippen molar-refractivity contribution in [3.63, 3.8) is 0 Å². The van der Waals surface area contributed by atoms with E-state index in [0.717, 1.165) is 4.90 Å². The Morgan fingerprint density at radius 2 is 1.86 bits per heavy atom. The lowest BCUT2D eigenvalue weighted by molar-refractivity contribution is -0.121. The first-order valence-electron chi connectivity index (χ1n) is 6.61. The van der Waals surface area contributed by atoms with Gasteiger partial charge in [-0.25, -0.2) is 0 Å². The van der Waals surface area contributed by atoms with Crippen LogP contribution in [0.25, 0.3) is 0 Å². The molecule has 5 nitrogen and oxygen atoms in total. The average Bonchev–Trinajstić information content (AvgIpc) is 2.93. The number of rotatable bonds is 4. The van der Waals surface area contributed by atoms with Crippen LogP contribution in [-0.4, -0.2) is 21.6 Å². The summed E-state index contributed by atoms with van der Waals surface area (Å²) in [5.74, 6) is -0.632. The third-order valence-corrected chi connectivity index (χ3v) is 4.34. The normalized spacial score (nSPS) is 11.8. The topological polar surface area (TPSA) is 63.1 Å². The van der Waals surface area contributed by atoms with Crippen LogP contribution in [0.3, 0.4) is 0 Å². The van der Waals surface area contributed by atoms with E-state index in [1.54, 1.807) is 49.0 Å². The van der Waals surface area contributed by atoms with Crippen LogP contribution < -0.4 is 10.9 Å². The number of hydrogen-bond acceptors (Lipinski definition) is 3. The number of hydrazine groups is 1. The number of hydrogen-bond donors (Lipinski definition) is 2. The van der Waals surface area contributed by atoms with Crippen molar-refractivity contribution >= 4 is 35.2 Å². The van der Waals surface area contributed by atoms with Crippen molar-refractivity contribution in [1.82, 2.24) is 15.4 Å². The van der Waals surface area contributed by atoms with E-state index in [1.165, 1.54) is 11.8 Å². The molecule has 0 aliphatic rings. The highest BCUT2D eigenvalue weighted by Gasteiger charge is 2.16. The monoisotopic (exact) mass is 337 g/mol. The number of thioether (sulfide) groups is 1. The first kappa shape index (κ1) is 16.5. The van der Waals surface area contributed by atoms with Crippen LogP contribution in [0.5, 0.6) is 0 Å². The summed E-state index contributed by atoms with van der Waals surface area (Å²) in [4.78, 5) is 24.8. The summed E-state index contributed by atoms with van der Waals surface area (Å²) in [5, 5.41) is 0.297. The second kappa shape index (κ2) is 7.38. The highest BCUT2D eigenvalue weighted by molar-refractivity contribution is 8.00. The van der Waals surface area contributed by atoms with Gasteiger partial charge in [0.15, 0.2) is 0 Å². The highest BCUT2D eigenvalue weighted by atomic mass is 35.5. The van der Waals surface area contributed by atoms with Crippen LogP contribution in [0.4, 0.5) is 0 Å². The molecular formula is C15H16ClN3O2S. The molecule has 0 aliphatic heterocycles. The van der Waals surface area contributed by atoms with Crippen molar-refractivity contribution in [3.05, 3.63) is 53.3 Å². The molecule has 0 saturated carbocycles. The quantitative estimate of drug-likeness (QED) is 0.666. The summed E-state index contributed by atoms with van der Waals surface area (Å²) < 4.78 is 1.67. The molecule has 0 aliphatic carbocycles.